The van der Waals surface area contributed by atoms with Crippen molar-refractivity contribution in [2.24, 2.45) is 0 Å². The normalized spacial score (nSPS) is 14.3. The zero-order chi connectivity index (χ0) is 58.1. The second kappa shape index (κ2) is 31.0. The van der Waals surface area contributed by atoms with Gasteiger partial charge in [0.1, 0.15) is 45.8 Å². The zero-order valence-electron chi connectivity index (χ0n) is 46.2. The van der Waals surface area contributed by atoms with E-state index in [-0.39, 0.29) is 5.82 Å². The van der Waals surface area contributed by atoms with Gasteiger partial charge in [0.05, 0.1) is 26.6 Å². The molecule has 0 aliphatic carbocycles. The second-order valence-electron chi connectivity index (χ2n) is 19.4. The van der Waals surface area contributed by atoms with Crippen LogP contribution in [0.5, 0.6) is 0 Å². The first kappa shape index (κ1) is 59.0. The number of anilines is 2. The van der Waals surface area contributed by atoms with Crippen LogP contribution in [0, 0.1) is 33.6 Å². The van der Waals surface area contributed by atoms with Crippen LogP contribution in [0.1, 0.15) is 84.5 Å². The van der Waals surface area contributed by atoms with Crippen LogP contribution in [0.25, 0.3) is 44.5 Å². The van der Waals surface area contributed by atoms with E-state index < -0.39 is 0 Å². The molecule has 2 aliphatic heterocycles. The van der Waals surface area contributed by atoms with Crippen molar-refractivity contribution in [1.82, 2.24) is 65.0 Å². The number of rotatable bonds is 5. The summed E-state index contributed by atoms with van der Waals surface area (Å²) < 4.78 is 14.1. The standard InChI is InChI=1S/C19H20FN3.C12H15N3.2C12H9N3.C7H5N.C5H5IN2/c20-16-8-6-14(7-9-16)13-23-11-2-1-5-18(23)17-12-15-4-3-10-21-19(15)22-17;2*1-2-6-13-10(5-1)11-8-9-4-3-7-14-12(9)15-11;13-12-10(4-3-9-15-12)6-7-11-5-1-2-8-14-11;1-2-7-5-3-4-6-8-7;6-4-2-1-3-8-5(4)7/h3-4,6-10,12,18H,1-2,5,11,13H2,(H,21,22);3-4,7-8,10,13H,1-2,5-6H2,(H,14,15);1-8H,(H,14,15);1-5,8-9H,(H2,13,15);1,3-6H;1-3H,(H2,7,8). The molecule has 15 nitrogen and oxygen atoms in total. The molecular weight excluding hydrogens is 1160 g/mol. The summed E-state index contributed by atoms with van der Waals surface area (Å²) in [6, 6.07) is 50.7. The van der Waals surface area contributed by atoms with Crippen LogP contribution in [0.15, 0.2) is 207 Å². The summed E-state index contributed by atoms with van der Waals surface area (Å²) in [4.78, 5) is 45.6. The molecule has 0 saturated carbocycles. The van der Waals surface area contributed by atoms with Crippen molar-refractivity contribution in [3.63, 3.8) is 0 Å². The number of aromatic nitrogens is 11. The molecule has 12 aromatic rings. The minimum Gasteiger partial charge on any atom is -0.383 e. The van der Waals surface area contributed by atoms with Crippen molar-refractivity contribution < 1.29 is 4.39 Å². The molecule has 0 radical (unpaired) electrons. The van der Waals surface area contributed by atoms with Crippen LogP contribution in [-0.2, 0) is 6.54 Å². The summed E-state index contributed by atoms with van der Waals surface area (Å²) >= 11 is 2.14. The quantitative estimate of drug-likeness (QED) is 0.0701. The van der Waals surface area contributed by atoms with Gasteiger partial charge in [0.25, 0.3) is 0 Å². The molecule has 13 heterocycles. The number of nitrogen functional groups attached to an aromatic ring is 2. The smallest absolute Gasteiger partial charge is 0.139 e. The van der Waals surface area contributed by atoms with Crippen LogP contribution < -0.4 is 16.8 Å². The number of halogens is 2. The fraction of sp³-hybridized carbons (Fsp3) is 0.164. The number of nitrogens with one attached hydrogen (secondary N) is 4. The molecule has 14 rings (SSSR count). The third-order valence-electron chi connectivity index (χ3n) is 13.5. The monoisotopic (exact) mass is 1220 g/mol. The Bertz CT molecular complexity index is 3920. The maximum absolute atomic E-state index is 13.1. The minimum absolute atomic E-state index is 0.175. The number of hydrogen-bond acceptors (Lipinski definition) is 12. The second-order valence-corrected chi connectivity index (χ2v) is 20.6. The van der Waals surface area contributed by atoms with E-state index in [0.29, 0.717) is 29.4 Å². The summed E-state index contributed by atoms with van der Waals surface area (Å²) in [5.74, 6) is 9.14. The van der Waals surface area contributed by atoms with Gasteiger partial charge in [-0.1, -0.05) is 55.0 Å². The first-order chi connectivity index (χ1) is 41.3. The number of likely N-dealkylation sites (tertiary alicyclic amines) is 1. The summed E-state index contributed by atoms with van der Waals surface area (Å²) in [5, 5.41) is 7.02. The molecule has 8 N–H and O–H groups in total. The number of pyridine rings is 8. The van der Waals surface area contributed by atoms with Crippen LogP contribution >= 0.6 is 22.6 Å². The highest BCUT2D eigenvalue weighted by atomic mass is 127. The summed E-state index contributed by atoms with van der Waals surface area (Å²) in [5.41, 5.74) is 21.7. The molecule has 84 heavy (non-hydrogen) atoms. The Morgan fingerprint density at radius 3 is 1.67 bits per heavy atom. The van der Waals surface area contributed by atoms with Gasteiger partial charge in [0.2, 0.25) is 0 Å². The van der Waals surface area contributed by atoms with Crippen LogP contribution in [0.4, 0.5) is 16.0 Å². The van der Waals surface area contributed by atoms with Gasteiger partial charge in [-0.3, -0.25) is 9.88 Å². The number of aromatic amines is 3. The fourth-order valence-corrected chi connectivity index (χ4v) is 9.70. The number of H-pyrrole nitrogens is 3. The SMILES string of the molecule is C#Cc1ccccn1.Fc1ccc(CN2CCCCC2c2cc3cccnc3[nH]2)cc1.Nc1ncccc1C#Cc1ccccn1.Nc1ncccc1I.c1ccc(-c2cc3cccnc3[nH]2)nc1.c1cnc2[nH]c(C3CCCCN3)cc2c1. The number of benzene rings is 1. The third kappa shape index (κ3) is 17.4. The first-order valence-corrected chi connectivity index (χ1v) is 28.7. The predicted octanol–water partition coefficient (Wildman–Crippen LogP) is 13.2. The lowest BCUT2D eigenvalue weighted by Crippen LogP contribution is -2.33. The van der Waals surface area contributed by atoms with E-state index in [2.05, 4.69) is 136 Å². The Hall–Kier alpha value is -9.66. The maximum Gasteiger partial charge on any atom is 0.139 e. The Morgan fingerprint density at radius 1 is 0.536 bits per heavy atom. The molecule has 0 bridgehead atoms. The lowest BCUT2D eigenvalue weighted by molar-refractivity contribution is 0.138. The zero-order valence-corrected chi connectivity index (χ0v) is 48.3. The molecule has 1 aromatic carbocycles. The third-order valence-corrected chi connectivity index (χ3v) is 14.5. The highest BCUT2D eigenvalue weighted by Gasteiger charge is 2.25. The van der Waals surface area contributed by atoms with Crippen molar-refractivity contribution in [1.29, 1.82) is 0 Å². The number of nitrogens with zero attached hydrogens (tertiary/aromatic N) is 9. The lowest BCUT2D eigenvalue weighted by atomic mass is 9.98. The number of terminal acetylenes is 1. The van der Waals surface area contributed by atoms with Crippen LogP contribution in [-0.4, -0.2) is 72.8 Å². The predicted molar refractivity (Wildman–Crippen MR) is 342 cm³/mol. The van der Waals surface area contributed by atoms with Gasteiger partial charge in [-0.15, -0.1) is 6.42 Å². The summed E-state index contributed by atoms with van der Waals surface area (Å²) in [7, 11) is 0. The van der Waals surface area contributed by atoms with Gasteiger partial charge in [-0.25, -0.2) is 39.3 Å². The molecule has 2 unspecified atom stereocenters. The number of hydrogen-bond donors (Lipinski definition) is 6. The summed E-state index contributed by atoms with van der Waals surface area (Å²) in [6.07, 6.45) is 26.4. The Balaban J connectivity index is 0.000000125. The summed E-state index contributed by atoms with van der Waals surface area (Å²) in [6.45, 7) is 3.06. The van der Waals surface area contributed by atoms with E-state index >= 15 is 0 Å². The average molecular weight is 1220 g/mol. The van der Waals surface area contributed by atoms with E-state index in [4.69, 9.17) is 17.9 Å². The minimum atomic E-state index is -0.175. The maximum atomic E-state index is 13.1. The molecular formula is C67H63FIN15. The highest BCUT2D eigenvalue weighted by molar-refractivity contribution is 14.1. The molecule has 17 heteroatoms. The fourth-order valence-electron chi connectivity index (χ4n) is 9.35. The van der Waals surface area contributed by atoms with Crippen molar-refractivity contribution in [3.8, 4) is 35.6 Å². The van der Waals surface area contributed by atoms with Gasteiger partial charge in [-0.05, 0) is 200 Å². The topological polar surface area (TPSA) is 218 Å². The van der Waals surface area contributed by atoms with E-state index in [1.165, 1.54) is 48.9 Å². The molecule has 2 fully saturated rings. The Morgan fingerprint density at radius 2 is 1.11 bits per heavy atom. The van der Waals surface area contributed by atoms with E-state index in [1.807, 2.05) is 116 Å². The van der Waals surface area contributed by atoms with Gasteiger partial charge >= 0.3 is 0 Å². The van der Waals surface area contributed by atoms with E-state index in [0.717, 1.165) is 85.5 Å². The molecule has 2 saturated heterocycles. The Kier molecular flexibility index (Phi) is 21.7. The average Bonchev–Trinajstić information content (AvgIpc) is 4.44. The highest BCUT2D eigenvalue weighted by Crippen LogP contribution is 2.33. The van der Waals surface area contributed by atoms with Crippen molar-refractivity contribution in [3.05, 3.63) is 251 Å². The van der Waals surface area contributed by atoms with Gasteiger partial charge in [-0.2, -0.15) is 0 Å². The molecule has 420 valence electrons. The van der Waals surface area contributed by atoms with Gasteiger partial charge < -0.3 is 31.7 Å². The Labute approximate surface area is 501 Å². The van der Waals surface area contributed by atoms with Crippen LogP contribution in [0.3, 0.4) is 0 Å². The molecule has 2 aliphatic rings. The van der Waals surface area contributed by atoms with E-state index in [1.54, 1.807) is 61.4 Å². The number of piperidine rings is 2. The molecule has 0 spiro atoms. The number of fused-ring (bicyclic) bond motifs is 3. The molecule has 11 aromatic heterocycles. The van der Waals surface area contributed by atoms with Crippen molar-refractivity contribution >= 4 is 67.3 Å². The van der Waals surface area contributed by atoms with Crippen LogP contribution in [0.2, 0.25) is 0 Å². The molecule has 0 amide bonds. The van der Waals surface area contributed by atoms with Gasteiger partial charge in [0.15, 0.2) is 0 Å². The van der Waals surface area contributed by atoms with Crippen molar-refractivity contribution in [2.75, 3.05) is 24.6 Å². The van der Waals surface area contributed by atoms with E-state index in [9.17, 15) is 4.39 Å². The van der Waals surface area contributed by atoms with Crippen molar-refractivity contribution in [2.45, 2.75) is 57.2 Å². The largest absolute Gasteiger partial charge is 0.383 e. The molecule has 2 atom stereocenters. The lowest BCUT2D eigenvalue weighted by Gasteiger charge is -2.35. The van der Waals surface area contributed by atoms with Gasteiger partial charge in [0, 0.05) is 89.7 Å². The first-order valence-electron chi connectivity index (χ1n) is 27.6. The number of nitrogens with two attached hydrogens (primary N) is 2.